The highest BCUT2D eigenvalue weighted by Crippen LogP contribution is 2.36. The summed E-state index contributed by atoms with van der Waals surface area (Å²) in [6, 6.07) is -1.17. The maximum absolute atomic E-state index is 13.2. The van der Waals surface area contributed by atoms with Gasteiger partial charge in [0.1, 0.15) is 18.2 Å². The van der Waals surface area contributed by atoms with Crippen molar-refractivity contribution in [3.05, 3.63) is 23.6 Å². The summed E-state index contributed by atoms with van der Waals surface area (Å²) in [5, 5.41) is 0. The van der Waals surface area contributed by atoms with Crippen molar-refractivity contribution in [1.82, 2.24) is 4.90 Å². The van der Waals surface area contributed by atoms with Gasteiger partial charge in [0.2, 0.25) is 11.8 Å². The minimum absolute atomic E-state index is 0.000984. The third-order valence-electron chi connectivity index (χ3n) is 3.42. The van der Waals surface area contributed by atoms with Crippen molar-refractivity contribution in [2.24, 2.45) is 11.7 Å². The Hall–Kier alpha value is -2.31. The Morgan fingerprint density at radius 1 is 1.50 bits per heavy atom. The number of hydrogen-bond donors (Lipinski definition) is 1. The molecule has 3 amide bonds. The summed E-state index contributed by atoms with van der Waals surface area (Å²) in [4.78, 5) is 46.9. The van der Waals surface area contributed by atoms with Crippen LogP contribution >= 0.6 is 0 Å². The van der Waals surface area contributed by atoms with Gasteiger partial charge < -0.3 is 10.5 Å². The molecule has 2 aliphatic rings. The molecule has 2 atom stereocenters. The molecule has 2 N–H and O–H groups in total. The van der Waals surface area contributed by atoms with Crippen molar-refractivity contribution in [2.75, 3.05) is 0 Å². The predicted octanol–water partition coefficient (Wildman–Crippen LogP) is -0.0121. The topological polar surface area (TPSA) is 97.5 Å². The fourth-order valence-corrected chi connectivity index (χ4v) is 2.44. The van der Waals surface area contributed by atoms with E-state index in [9.17, 15) is 23.6 Å². The molecule has 2 rings (SSSR count). The van der Waals surface area contributed by atoms with Gasteiger partial charge in [-0.05, 0) is 12.5 Å². The van der Waals surface area contributed by atoms with E-state index in [-0.39, 0.29) is 24.8 Å². The summed E-state index contributed by atoms with van der Waals surface area (Å²) in [5.41, 5.74) is 5.35. The number of imide groups is 1. The fraction of sp³-hybridized carbons (Fsp3) is 0.385. The molecule has 2 unspecified atom stereocenters. The van der Waals surface area contributed by atoms with E-state index in [0.29, 0.717) is 6.29 Å². The molecule has 1 aliphatic heterocycles. The number of carbonyl (C=O) groups is 4. The summed E-state index contributed by atoms with van der Waals surface area (Å²) >= 11 is 0. The molecule has 1 heterocycles. The van der Waals surface area contributed by atoms with Crippen molar-refractivity contribution < 1.29 is 23.6 Å². The van der Waals surface area contributed by atoms with E-state index in [1.807, 2.05) is 0 Å². The standard InChI is InChI=1S/C13H13FN2O4/c14-7-3-4-8-9(6-7)13(20)16(12(8)19)10(11(15)18)2-1-5-17/h3-5,9-10H,1-2,6H2,(H2,15,18). The van der Waals surface area contributed by atoms with E-state index in [1.165, 1.54) is 6.08 Å². The molecule has 106 valence electrons. The summed E-state index contributed by atoms with van der Waals surface area (Å²) in [6.45, 7) is 0. The van der Waals surface area contributed by atoms with Crippen molar-refractivity contribution in [3.63, 3.8) is 0 Å². The number of hydrogen-bond acceptors (Lipinski definition) is 4. The first-order chi connectivity index (χ1) is 9.47. The van der Waals surface area contributed by atoms with Crippen LogP contribution in [0.2, 0.25) is 0 Å². The molecular weight excluding hydrogens is 267 g/mol. The SMILES string of the molecule is NC(=O)C(CCC=O)N1C(=O)C2=CC=C(F)CC2C1=O. The molecule has 1 fully saturated rings. The lowest BCUT2D eigenvalue weighted by Gasteiger charge is -2.22. The van der Waals surface area contributed by atoms with Crippen LogP contribution in [-0.2, 0) is 19.2 Å². The average Bonchev–Trinajstić information content (AvgIpc) is 2.63. The van der Waals surface area contributed by atoms with Gasteiger partial charge in [-0.15, -0.1) is 0 Å². The highest BCUT2D eigenvalue weighted by Gasteiger charge is 2.48. The fourth-order valence-electron chi connectivity index (χ4n) is 2.44. The van der Waals surface area contributed by atoms with Crippen molar-refractivity contribution in [3.8, 4) is 0 Å². The van der Waals surface area contributed by atoms with Crippen LogP contribution in [0, 0.1) is 5.92 Å². The normalized spacial score (nSPS) is 23.1. The second-order valence-electron chi connectivity index (χ2n) is 4.67. The van der Waals surface area contributed by atoms with Gasteiger partial charge in [0.05, 0.1) is 5.92 Å². The van der Waals surface area contributed by atoms with Crippen LogP contribution in [0.15, 0.2) is 23.6 Å². The number of nitrogens with zero attached hydrogens (tertiary/aromatic N) is 1. The van der Waals surface area contributed by atoms with Crippen LogP contribution in [-0.4, -0.2) is 34.9 Å². The van der Waals surface area contributed by atoms with Gasteiger partial charge in [-0.2, -0.15) is 0 Å². The Morgan fingerprint density at radius 3 is 2.80 bits per heavy atom. The summed E-state index contributed by atoms with van der Waals surface area (Å²) < 4.78 is 13.2. The van der Waals surface area contributed by atoms with Gasteiger partial charge in [-0.1, -0.05) is 6.08 Å². The largest absolute Gasteiger partial charge is 0.368 e. The van der Waals surface area contributed by atoms with Gasteiger partial charge >= 0.3 is 0 Å². The Labute approximate surface area is 114 Å². The van der Waals surface area contributed by atoms with Gasteiger partial charge in [0.15, 0.2) is 0 Å². The minimum atomic E-state index is -1.17. The second-order valence-corrected chi connectivity index (χ2v) is 4.67. The van der Waals surface area contributed by atoms with Crippen molar-refractivity contribution >= 4 is 24.0 Å². The Balaban J connectivity index is 2.30. The van der Waals surface area contributed by atoms with Crippen LogP contribution in [0.1, 0.15) is 19.3 Å². The summed E-state index contributed by atoms with van der Waals surface area (Å²) in [5.74, 6) is -3.53. The number of halogens is 1. The zero-order chi connectivity index (χ0) is 14.9. The maximum Gasteiger partial charge on any atom is 0.257 e. The Bertz CT molecular complexity index is 553. The minimum Gasteiger partial charge on any atom is -0.368 e. The number of amides is 3. The molecule has 7 heteroatoms. The van der Waals surface area contributed by atoms with Crippen LogP contribution in [0.25, 0.3) is 0 Å². The first-order valence-corrected chi connectivity index (χ1v) is 6.14. The Kier molecular flexibility index (Phi) is 3.78. The van der Waals surface area contributed by atoms with E-state index in [0.717, 1.165) is 11.0 Å². The van der Waals surface area contributed by atoms with E-state index >= 15 is 0 Å². The van der Waals surface area contributed by atoms with E-state index in [4.69, 9.17) is 5.73 Å². The summed E-state index contributed by atoms with van der Waals surface area (Å²) in [7, 11) is 0. The van der Waals surface area contributed by atoms with Gasteiger partial charge in [0, 0.05) is 18.4 Å². The molecule has 1 aliphatic carbocycles. The quantitative estimate of drug-likeness (QED) is 0.565. The highest BCUT2D eigenvalue weighted by molar-refractivity contribution is 6.17. The first-order valence-electron chi connectivity index (χ1n) is 6.14. The smallest absolute Gasteiger partial charge is 0.257 e. The molecule has 20 heavy (non-hydrogen) atoms. The molecule has 0 radical (unpaired) electrons. The Morgan fingerprint density at radius 2 is 2.20 bits per heavy atom. The van der Waals surface area contributed by atoms with Crippen LogP contribution in [0.5, 0.6) is 0 Å². The molecule has 6 nitrogen and oxygen atoms in total. The van der Waals surface area contributed by atoms with Crippen LogP contribution < -0.4 is 5.73 Å². The first kappa shape index (κ1) is 14.1. The van der Waals surface area contributed by atoms with Crippen molar-refractivity contribution in [2.45, 2.75) is 25.3 Å². The van der Waals surface area contributed by atoms with E-state index in [2.05, 4.69) is 0 Å². The zero-order valence-electron chi connectivity index (χ0n) is 10.5. The predicted molar refractivity (Wildman–Crippen MR) is 65.5 cm³/mol. The van der Waals surface area contributed by atoms with Crippen LogP contribution in [0.3, 0.4) is 0 Å². The van der Waals surface area contributed by atoms with Gasteiger partial charge in [0.25, 0.3) is 5.91 Å². The highest BCUT2D eigenvalue weighted by atomic mass is 19.1. The maximum atomic E-state index is 13.2. The van der Waals surface area contributed by atoms with E-state index in [1.54, 1.807) is 0 Å². The molecule has 0 bridgehead atoms. The number of aldehydes is 1. The zero-order valence-corrected chi connectivity index (χ0v) is 10.5. The lowest BCUT2D eigenvalue weighted by molar-refractivity contribution is -0.146. The number of fused-ring (bicyclic) bond motifs is 1. The molecule has 0 aromatic heterocycles. The number of nitrogens with two attached hydrogens (primary N) is 1. The molecule has 1 saturated heterocycles. The number of allylic oxidation sites excluding steroid dienone is 3. The number of primary amides is 1. The molecule has 0 aromatic carbocycles. The third kappa shape index (κ3) is 2.26. The third-order valence-corrected chi connectivity index (χ3v) is 3.42. The van der Waals surface area contributed by atoms with E-state index < -0.39 is 35.5 Å². The average molecular weight is 280 g/mol. The molecule has 0 saturated carbocycles. The second kappa shape index (κ2) is 5.36. The molecule has 0 spiro atoms. The monoisotopic (exact) mass is 280 g/mol. The number of likely N-dealkylation sites (tertiary alicyclic amines) is 1. The van der Waals surface area contributed by atoms with Gasteiger partial charge in [-0.3, -0.25) is 19.3 Å². The molecular formula is C13H13FN2O4. The molecule has 0 aromatic rings. The van der Waals surface area contributed by atoms with Crippen LogP contribution in [0.4, 0.5) is 4.39 Å². The van der Waals surface area contributed by atoms with Gasteiger partial charge in [-0.25, -0.2) is 4.39 Å². The lowest BCUT2D eigenvalue weighted by atomic mass is 9.93. The summed E-state index contributed by atoms with van der Waals surface area (Å²) in [6.07, 6.45) is 2.75. The lowest BCUT2D eigenvalue weighted by Crippen LogP contribution is -2.48. The number of rotatable bonds is 5. The number of carbonyl (C=O) groups excluding carboxylic acids is 4. The van der Waals surface area contributed by atoms with Crippen molar-refractivity contribution in [1.29, 1.82) is 0 Å².